The van der Waals surface area contributed by atoms with Crippen LogP contribution < -0.4 is 5.73 Å². The number of likely N-dealkylation sites (tertiary alicyclic amines) is 1. The monoisotopic (exact) mass is 271 g/mol. The topological polar surface area (TPSA) is 104 Å². The maximum atomic E-state index is 12.2. The number of hydrogen-bond donors (Lipinski definition) is 2. The van der Waals surface area contributed by atoms with E-state index in [2.05, 4.69) is 0 Å². The zero-order valence-electron chi connectivity index (χ0n) is 11.3. The number of carboxylic acids is 1. The van der Waals surface area contributed by atoms with E-state index in [1.165, 1.54) is 11.9 Å². The second-order valence-electron chi connectivity index (χ2n) is 4.82. The molecule has 1 heterocycles. The van der Waals surface area contributed by atoms with Crippen molar-refractivity contribution in [1.29, 1.82) is 0 Å². The molecule has 0 aliphatic carbocycles. The quantitative estimate of drug-likeness (QED) is 0.756. The second-order valence-corrected chi connectivity index (χ2v) is 4.82. The minimum absolute atomic E-state index is 0.184. The standard InChI is InChI=1S/C12H21N3O4/c1-3-9(11(17)18)14(2)12(19)15-6-4-8(5-7-15)10(13)16/h8-9H,3-7H2,1-2H3,(H2,13,16)(H,17,18). The molecule has 1 atom stereocenters. The molecule has 1 unspecified atom stereocenters. The number of likely N-dealkylation sites (N-methyl/N-ethyl adjacent to an activating group) is 1. The Morgan fingerprint density at radius 2 is 1.89 bits per heavy atom. The minimum atomic E-state index is -1.01. The van der Waals surface area contributed by atoms with Crippen LogP contribution in [0.25, 0.3) is 0 Å². The van der Waals surface area contributed by atoms with Crippen molar-refractivity contribution in [3.05, 3.63) is 0 Å². The molecule has 0 aromatic carbocycles. The van der Waals surface area contributed by atoms with Gasteiger partial charge in [-0.1, -0.05) is 6.92 Å². The van der Waals surface area contributed by atoms with Gasteiger partial charge in [0.15, 0.2) is 0 Å². The average Bonchev–Trinajstić information content (AvgIpc) is 2.38. The number of primary amides is 1. The summed E-state index contributed by atoms with van der Waals surface area (Å²) in [5, 5.41) is 9.03. The fraction of sp³-hybridized carbons (Fsp3) is 0.750. The largest absolute Gasteiger partial charge is 0.480 e. The summed E-state index contributed by atoms with van der Waals surface area (Å²) in [5.41, 5.74) is 5.23. The fourth-order valence-electron chi connectivity index (χ4n) is 2.33. The number of amides is 3. The molecule has 0 aromatic heterocycles. The zero-order valence-corrected chi connectivity index (χ0v) is 11.3. The zero-order chi connectivity index (χ0) is 14.6. The van der Waals surface area contributed by atoms with Crippen LogP contribution in [0.3, 0.4) is 0 Å². The van der Waals surface area contributed by atoms with E-state index in [0.29, 0.717) is 32.4 Å². The number of nitrogens with zero attached hydrogens (tertiary/aromatic N) is 2. The highest BCUT2D eigenvalue weighted by atomic mass is 16.4. The van der Waals surface area contributed by atoms with Crippen molar-refractivity contribution in [3.63, 3.8) is 0 Å². The van der Waals surface area contributed by atoms with Gasteiger partial charge in [0.1, 0.15) is 6.04 Å². The van der Waals surface area contributed by atoms with E-state index in [1.807, 2.05) is 0 Å². The number of rotatable bonds is 4. The van der Waals surface area contributed by atoms with E-state index < -0.39 is 12.0 Å². The molecule has 7 nitrogen and oxygen atoms in total. The van der Waals surface area contributed by atoms with Crippen LogP contribution in [0.2, 0.25) is 0 Å². The minimum Gasteiger partial charge on any atom is -0.480 e. The third-order valence-electron chi connectivity index (χ3n) is 3.61. The van der Waals surface area contributed by atoms with Gasteiger partial charge >= 0.3 is 12.0 Å². The van der Waals surface area contributed by atoms with Gasteiger partial charge < -0.3 is 20.6 Å². The third-order valence-corrected chi connectivity index (χ3v) is 3.61. The summed E-state index contributed by atoms with van der Waals surface area (Å²) in [6, 6.07) is -1.13. The Kier molecular flexibility index (Phi) is 5.14. The number of carbonyl (C=O) groups is 3. The molecule has 19 heavy (non-hydrogen) atoms. The first-order valence-corrected chi connectivity index (χ1v) is 6.42. The number of piperidine rings is 1. The normalized spacial score (nSPS) is 17.9. The van der Waals surface area contributed by atoms with Crippen molar-refractivity contribution >= 4 is 17.9 Å². The molecule has 0 aromatic rings. The first-order valence-electron chi connectivity index (χ1n) is 6.42. The molecule has 1 aliphatic rings. The van der Waals surface area contributed by atoms with Crippen LogP contribution in [-0.4, -0.2) is 59.0 Å². The van der Waals surface area contributed by atoms with Crippen molar-refractivity contribution in [2.75, 3.05) is 20.1 Å². The Hall–Kier alpha value is -1.79. The fourth-order valence-corrected chi connectivity index (χ4v) is 2.33. The van der Waals surface area contributed by atoms with Gasteiger partial charge in [-0.2, -0.15) is 0 Å². The summed E-state index contributed by atoms with van der Waals surface area (Å²) in [4.78, 5) is 37.0. The molecule has 3 N–H and O–H groups in total. The van der Waals surface area contributed by atoms with Crippen LogP contribution in [0.15, 0.2) is 0 Å². The summed E-state index contributed by atoms with van der Waals surface area (Å²) >= 11 is 0. The summed E-state index contributed by atoms with van der Waals surface area (Å²) < 4.78 is 0. The highest BCUT2D eigenvalue weighted by Crippen LogP contribution is 2.18. The lowest BCUT2D eigenvalue weighted by atomic mass is 9.96. The second kappa shape index (κ2) is 6.40. The van der Waals surface area contributed by atoms with E-state index in [0.717, 1.165) is 0 Å². The SMILES string of the molecule is CCC(C(=O)O)N(C)C(=O)N1CCC(C(N)=O)CC1. The van der Waals surface area contributed by atoms with E-state index in [1.54, 1.807) is 11.8 Å². The van der Waals surface area contributed by atoms with Crippen molar-refractivity contribution in [2.24, 2.45) is 11.7 Å². The molecular formula is C12H21N3O4. The number of carbonyl (C=O) groups excluding carboxylic acids is 2. The van der Waals surface area contributed by atoms with E-state index in [9.17, 15) is 14.4 Å². The predicted octanol–water partition coefficient (Wildman–Crippen LogP) is 0.0987. The Morgan fingerprint density at radius 1 is 1.37 bits per heavy atom. The molecule has 0 bridgehead atoms. The summed E-state index contributed by atoms with van der Waals surface area (Å²) in [7, 11) is 1.49. The van der Waals surface area contributed by atoms with E-state index in [-0.39, 0.29) is 17.9 Å². The van der Waals surface area contributed by atoms with Crippen LogP contribution in [0, 0.1) is 5.92 Å². The van der Waals surface area contributed by atoms with Gasteiger partial charge in [-0.05, 0) is 19.3 Å². The van der Waals surface area contributed by atoms with Crippen LogP contribution in [0.5, 0.6) is 0 Å². The van der Waals surface area contributed by atoms with Crippen LogP contribution in [0.4, 0.5) is 4.79 Å². The molecule has 108 valence electrons. The van der Waals surface area contributed by atoms with E-state index in [4.69, 9.17) is 10.8 Å². The molecule has 1 fully saturated rings. The molecular weight excluding hydrogens is 250 g/mol. The molecule has 3 amide bonds. The van der Waals surface area contributed by atoms with Gasteiger partial charge in [0.05, 0.1) is 0 Å². The number of hydrogen-bond acceptors (Lipinski definition) is 3. The first-order chi connectivity index (χ1) is 8.88. The summed E-state index contributed by atoms with van der Waals surface area (Å²) in [6.07, 6.45) is 1.44. The van der Waals surface area contributed by atoms with Crippen LogP contribution in [0.1, 0.15) is 26.2 Å². The number of urea groups is 1. The number of aliphatic carboxylic acids is 1. The number of carboxylic acid groups (broad SMARTS) is 1. The smallest absolute Gasteiger partial charge is 0.326 e. The van der Waals surface area contributed by atoms with Gasteiger partial charge in [0.2, 0.25) is 5.91 Å². The molecule has 0 spiro atoms. The maximum absolute atomic E-state index is 12.2. The Bertz CT molecular complexity index is 364. The van der Waals surface area contributed by atoms with Crippen molar-refractivity contribution in [1.82, 2.24) is 9.80 Å². The van der Waals surface area contributed by atoms with Crippen LogP contribution >= 0.6 is 0 Å². The lowest BCUT2D eigenvalue weighted by Crippen LogP contribution is -2.51. The van der Waals surface area contributed by atoms with Crippen molar-refractivity contribution in [2.45, 2.75) is 32.2 Å². The Balaban J connectivity index is 2.59. The number of nitrogens with two attached hydrogens (primary N) is 1. The van der Waals surface area contributed by atoms with Crippen molar-refractivity contribution < 1.29 is 19.5 Å². The maximum Gasteiger partial charge on any atom is 0.326 e. The Morgan fingerprint density at radius 3 is 2.26 bits per heavy atom. The predicted molar refractivity (Wildman–Crippen MR) is 68.4 cm³/mol. The first kappa shape index (κ1) is 15.3. The van der Waals surface area contributed by atoms with Gasteiger partial charge in [-0.25, -0.2) is 9.59 Å². The molecule has 0 radical (unpaired) electrons. The van der Waals surface area contributed by atoms with Gasteiger partial charge in [-0.3, -0.25) is 4.79 Å². The lowest BCUT2D eigenvalue weighted by Gasteiger charge is -2.35. The lowest BCUT2D eigenvalue weighted by molar-refractivity contribution is -0.142. The highest BCUT2D eigenvalue weighted by molar-refractivity contribution is 5.83. The average molecular weight is 271 g/mol. The molecule has 1 rings (SSSR count). The Labute approximate surface area is 112 Å². The molecule has 7 heteroatoms. The van der Waals surface area contributed by atoms with Gasteiger partial charge in [0, 0.05) is 26.1 Å². The highest BCUT2D eigenvalue weighted by Gasteiger charge is 2.31. The van der Waals surface area contributed by atoms with Crippen molar-refractivity contribution in [3.8, 4) is 0 Å². The van der Waals surface area contributed by atoms with Gasteiger partial charge in [0.25, 0.3) is 0 Å². The summed E-state index contributed by atoms with van der Waals surface area (Å²) in [6.45, 7) is 2.60. The van der Waals surface area contributed by atoms with Gasteiger partial charge in [-0.15, -0.1) is 0 Å². The van der Waals surface area contributed by atoms with E-state index >= 15 is 0 Å². The third kappa shape index (κ3) is 3.59. The summed E-state index contributed by atoms with van der Waals surface area (Å²) in [5.74, 6) is -1.53. The van der Waals surface area contributed by atoms with Crippen LogP contribution in [-0.2, 0) is 9.59 Å². The molecule has 0 saturated carbocycles. The molecule has 1 saturated heterocycles. The molecule has 1 aliphatic heterocycles.